The van der Waals surface area contributed by atoms with Gasteiger partial charge in [0.1, 0.15) is 0 Å². The molecule has 26 heavy (non-hydrogen) atoms. The van der Waals surface area contributed by atoms with Gasteiger partial charge in [0.25, 0.3) is 0 Å². The Morgan fingerprint density at radius 1 is 0.885 bits per heavy atom. The lowest BCUT2D eigenvalue weighted by molar-refractivity contribution is 0.745. The van der Waals surface area contributed by atoms with Gasteiger partial charge in [-0.1, -0.05) is 53.8 Å². The normalized spacial score (nSPS) is 11.5. The van der Waals surface area contributed by atoms with Gasteiger partial charge in [-0.05, 0) is 36.2 Å². The zero-order valence-corrected chi connectivity index (χ0v) is 14.3. The van der Waals surface area contributed by atoms with Crippen molar-refractivity contribution >= 4 is 27.6 Å². The average molecular weight is 341 g/mol. The van der Waals surface area contributed by atoms with E-state index in [0.717, 1.165) is 23.9 Å². The van der Waals surface area contributed by atoms with Crippen molar-refractivity contribution in [2.45, 2.75) is 13.0 Å². The van der Waals surface area contributed by atoms with Crippen LogP contribution in [-0.4, -0.2) is 10.4 Å². The standard InChI is InChI=1S/C21H19N5/c22-21(24-25-23)16-10-11-20-18(14-16)17-8-4-5-9-19(17)26(20)13-12-15-6-2-1-3-7-15/h1-11,14H,12-13H2,(H3,22,23,24). The van der Waals surface area contributed by atoms with Crippen molar-refractivity contribution in [1.82, 2.24) is 4.57 Å². The minimum absolute atomic E-state index is 0.0653. The van der Waals surface area contributed by atoms with Crippen LogP contribution >= 0.6 is 0 Å². The first-order valence-corrected chi connectivity index (χ1v) is 8.52. The summed E-state index contributed by atoms with van der Waals surface area (Å²) in [5, 5.41) is 17.1. The monoisotopic (exact) mass is 341 g/mol. The second-order valence-electron chi connectivity index (χ2n) is 6.20. The molecular weight excluding hydrogens is 322 g/mol. The quantitative estimate of drug-likeness (QED) is 0.182. The fraction of sp³-hybridized carbons (Fsp3) is 0.0952. The van der Waals surface area contributed by atoms with Crippen LogP contribution in [0, 0.1) is 5.41 Å². The van der Waals surface area contributed by atoms with Gasteiger partial charge >= 0.3 is 0 Å². The molecule has 128 valence electrons. The number of amidine groups is 1. The summed E-state index contributed by atoms with van der Waals surface area (Å²) in [5.74, 6) is 5.15. The van der Waals surface area contributed by atoms with Crippen LogP contribution in [0.4, 0.5) is 0 Å². The lowest BCUT2D eigenvalue weighted by Gasteiger charge is -2.08. The molecule has 0 aliphatic rings. The Bertz CT molecular complexity index is 1110. The largest absolute Gasteiger partial charge is 0.340 e. The molecule has 0 saturated heterocycles. The van der Waals surface area contributed by atoms with Crippen LogP contribution in [0.1, 0.15) is 11.1 Å². The molecule has 0 aliphatic heterocycles. The Hall–Kier alpha value is -3.47. The van der Waals surface area contributed by atoms with Crippen LogP contribution < -0.4 is 5.84 Å². The van der Waals surface area contributed by atoms with E-state index in [-0.39, 0.29) is 5.84 Å². The maximum absolute atomic E-state index is 7.97. The SMILES string of the molecule is N=C(N=NN)c1ccc2c(c1)c1ccccc1n2CCc1ccccc1. The Balaban J connectivity index is 1.82. The van der Waals surface area contributed by atoms with E-state index in [2.05, 4.69) is 63.4 Å². The van der Waals surface area contributed by atoms with Crippen molar-refractivity contribution < 1.29 is 0 Å². The molecule has 0 bridgehead atoms. The number of hydrogen-bond donors (Lipinski definition) is 2. The van der Waals surface area contributed by atoms with Crippen molar-refractivity contribution in [3.8, 4) is 0 Å². The number of aryl methyl sites for hydroxylation is 2. The van der Waals surface area contributed by atoms with Crippen molar-refractivity contribution in [2.75, 3.05) is 0 Å². The Labute approximate surface area is 151 Å². The summed E-state index contributed by atoms with van der Waals surface area (Å²) in [6.45, 7) is 0.896. The van der Waals surface area contributed by atoms with Crippen LogP contribution in [0.5, 0.6) is 0 Å². The second kappa shape index (κ2) is 6.80. The van der Waals surface area contributed by atoms with E-state index in [1.807, 2.05) is 24.3 Å². The van der Waals surface area contributed by atoms with Gasteiger partial charge in [-0.25, -0.2) is 0 Å². The molecule has 1 heterocycles. The van der Waals surface area contributed by atoms with Gasteiger partial charge in [0, 0.05) is 33.9 Å². The fourth-order valence-corrected chi connectivity index (χ4v) is 3.44. The smallest absolute Gasteiger partial charge is 0.176 e. The molecule has 0 spiro atoms. The number of nitrogens with one attached hydrogen (secondary N) is 1. The van der Waals surface area contributed by atoms with Gasteiger partial charge in [-0.2, -0.15) is 0 Å². The lowest BCUT2D eigenvalue weighted by atomic mass is 10.1. The number of rotatable bonds is 4. The molecular formula is C21H19N5. The molecule has 3 N–H and O–H groups in total. The van der Waals surface area contributed by atoms with Crippen LogP contribution in [0.15, 0.2) is 83.1 Å². The molecule has 0 atom stereocenters. The van der Waals surface area contributed by atoms with Crippen LogP contribution in [0.2, 0.25) is 0 Å². The maximum atomic E-state index is 7.97. The number of hydrogen-bond acceptors (Lipinski definition) is 2. The van der Waals surface area contributed by atoms with E-state index >= 15 is 0 Å². The summed E-state index contributed by atoms with van der Waals surface area (Å²) in [6.07, 6.45) is 0.966. The van der Waals surface area contributed by atoms with Crippen molar-refractivity contribution in [3.63, 3.8) is 0 Å². The minimum atomic E-state index is 0.0653. The number of para-hydroxylation sites is 1. The Kier molecular flexibility index (Phi) is 4.19. The molecule has 4 aromatic rings. The molecule has 0 amide bonds. The highest BCUT2D eigenvalue weighted by Gasteiger charge is 2.12. The van der Waals surface area contributed by atoms with E-state index in [4.69, 9.17) is 11.3 Å². The first-order valence-electron chi connectivity index (χ1n) is 8.52. The summed E-state index contributed by atoms with van der Waals surface area (Å²) in [6, 6.07) is 24.8. The van der Waals surface area contributed by atoms with Gasteiger partial charge < -0.3 is 10.4 Å². The predicted octanol–water partition coefficient (Wildman–Crippen LogP) is 4.69. The lowest BCUT2D eigenvalue weighted by Crippen LogP contribution is -2.01. The van der Waals surface area contributed by atoms with E-state index in [1.54, 1.807) is 0 Å². The molecule has 0 saturated carbocycles. The summed E-state index contributed by atoms with van der Waals surface area (Å²) >= 11 is 0. The average Bonchev–Trinajstić information content (AvgIpc) is 3.00. The van der Waals surface area contributed by atoms with Crippen molar-refractivity contribution in [2.24, 2.45) is 16.2 Å². The fourth-order valence-electron chi connectivity index (χ4n) is 3.44. The Morgan fingerprint density at radius 2 is 1.62 bits per heavy atom. The van der Waals surface area contributed by atoms with Gasteiger partial charge in [0.2, 0.25) is 0 Å². The zero-order chi connectivity index (χ0) is 17.9. The van der Waals surface area contributed by atoms with Crippen molar-refractivity contribution in [1.29, 1.82) is 5.41 Å². The molecule has 5 heteroatoms. The van der Waals surface area contributed by atoms with Gasteiger partial charge in [-0.3, -0.25) is 5.41 Å². The van der Waals surface area contributed by atoms with E-state index in [1.165, 1.54) is 16.5 Å². The highest BCUT2D eigenvalue weighted by molar-refractivity contribution is 6.11. The number of benzene rings is 3. The molecule has 0 fully saturated rings. The maximum Gasteiger partial charge on any atom is 0.176 e. The third-order valence-corrected chi connectivity index (χ3v) is 4.67. The topological polar surface area (TPSA) is 79.5 Å². The first kappa shape index (κ1) is 16.0. The zero-order valence-electron chi connectivity index (χ0n) is 14.3. The summed E-state index contributed by atoms with van der Waals surface area (Å²) in [7, 11) is 0. The predicted molar refractivity (Wildman–Crippen MR) is 105 cm³/mol. The van der Waals surface area contributed by atoms with Crippen molar-refractivity contribution in [3.05, 3.63) is 83.9 Å². The van der Waals surface area contributed by atoms with Gasteiger partial charge in [0.15, 0.2) is 5.84 Å². The van der Waals surface area contributed by atoms with Crippen LogP contribution in [-0.2, 0) is 13.0 Å². The summed E-state index contributed by atoms with van der Waals surface area (Å²) < 4.78 is 2.34. The van der Waals surface area contributed by atoms with E-state index in [9.17, 15) is 0 Å². The molecule has 0 unspecified atom stereocenters. The number of nitrogens with two attached hydrogens (primary N) is 1. The van der Waals surface area contributed by atoms with E-state index < -0.39 is 0 Å². The number of fused-ring (bicyclic) bond motifs is 3. The number of nitrogens with zero attached hydrogens (tertiary/aromatic N) is 3. The first-order chi connectivity index (χ1) is 12.8. The second-order valence-corrected chi connectivity index (χ2v) is 6.20. The summed E-state index contributed by atoms with van der Waals surface area (Å²) in [5.41, 5.74) is 4.38. The molecule has 5 nitrogen and oxygen atoms in total. The van der Waals surface area contributed by atoms with Gasteiger partial charge in [0.05, 0.1) is 0 Å². The third-order valence-electron chi connectivity index (χ3n) is 4.67. The van der Waals surface area contributed by atoms with E-state index in [0.29, 0.717) is 5.56 Å². The Morgan fingerprint density at radius 3 is 2.42 bits per heavy atom. The minimum Gasteiger partial charge on any atom is -0.340 e. The molecule has 0 radical (unpaired) electrons. The molecule has 4 rings (SSSR count). The summed E-state index contributed by atoms with van der Waals surface area (Å²) in [4.78, 5) is 0. The molecule has 3 aromatic carbocycles. The van der Waals surface area contributed by atoms with Gasteiger partial charge in [-0.15, -0.1) is 5.11 Å². The molecule has 1 aromatic heterocycles. The molecule has 0 aliphatic carbocycles. The van der Waals surface area contributed by atoms with Crippen LogP contribution in [0.3, 0.4) is 0 Å². The number of aromatic nitrogens is 1. The highest BCUT2D eigenvalue weighted by Crippen LogP contribution is 2.30. The third kappa shape index (κ3) is 2.84. The highest BCUT2D eigenvalue weighted by atomic mass is 15.3. The van der Waals surface area contributed by atoms with Crippen LogP contribution in [0.25, 0.3) is 21.8 Å².